The van der Waals surface area contributed by atoms with Gasteiger partial charge in [-0.3, -0.25) is 0 Å². The number of hydrogen-bond acceptors (Lipinski definition) is 6. The molecule has 0 radical (unpaired) electrons. The van der Waals surface area contributed by atoms with E-state index in [0.29, 0.717) is 15.2 Å². The molecule has 1 saturated carbocycles. The first kappa shape index (κ1) is 14.0. The molecule has 1 aliphatic rings. The number of anilines is 1. The molecule has 110 valence electrons. The fourth-order valence-electron chi connectivity index (χ4n) is 2.05. The van der Waals surface area contributed by atoms with E-state index in [1.807, 2.05) is 0 Å². The van der Waals surface area contributed by atoms with Crippen LogP contribution in [-0.4, -0.2) is 33.4 Å². The van der Waals surface area contributed by atoms with Gasteiger partial charge in [0.05, 0.1) is 11.1 Å². The van der Waals surface area contributed by atoms with Gasteiger partial charge in [-0.2, -0.15) is 0 Å². The molecule has 0 spiro atoms. The van der Waals surface area contributed by atoms with Gasteiger partial charge in [0.2, 0.25) is 0 Å². The topological polar surface area (TPSA) is 100 Å². The van der Waals surface area contributed by atoms with Crippen LogP contribution in [0.5, 0.6) is 0 Å². The molecule has 0 atom stereocenters. The molecular weight excluding hydrogens is 314 g/mol. The summed E-state index contributed by atoms with van der Waals surface area (Å²) >= 11 is 7.23. The van der Waals surface area contributed by atoms with Crippen LogP contribution in [0, 0.1) is 0 Å². The molecule has 1 amide bonds. The summed E-state index contributed by atoms with van der Waals surface area (Å²) in [6.45, 7) is 0. The molecule has 0 aromatic carbocycles. The Hall–Kier alpha value is -1.93. The fraction of sp³-hybridized carbons (Fsp3) is 0.333. The van der Waals surface area contributed by atoms with Crippen LogP contribution in [-0.2, 0) is 5.54 Å². The second-order valence-corrected chi connectivity index (χ2v) is 6.09. The highest BCUT2D eigenvalue weighted by atomic mass is 35.5. The Morgan fingerprint density at radius 1 is 1.48 bits per heavy atom. The molecule has 0 saturated heterocycles. The monoisotopic (exact) mass is 325 g/mol. The Balaban J connectivity index is 1.94. The summed E-state index contributed by atoms with van der Waals surface area (Å²) in [6, 6.07) is 1.71. The third-order valence-electron chi connectivity index (χ3n) is 3.30. The molecule has 2 heterocycles. The summed E-state index contributed by atoms with van der Waals surface area (Å²) < 4.78 is 0. The lowest BCUT2D eigenvalue weighted by Gasteiger charge is -2.10. The van der Waals surface area contributed by atoms with E-state index in [1.54, 1.807) is 19.3 Å². The molecule has 0 bridgehead atoms. The number of pyridine rings is 1. The molecule has 21 heavy (non-hydrogen) atoms. The van der Waals surface area contributed by atoms with Crippen molar-refractivity contribution in [2.45, 2.75) is 18.4 Å². The van der Waals surface area contributed by atoms with Crippen molar-refractivity contribution in [2.24, 2.45) is 0 Å². The number of carbonyl (C=O) groups is 1. The van der Waals surface area contributed by atoms with Crippen LogP contribution in [0.25, 0.3) is 10.6 Å². The molecule has 2 aromatic rings. The van der Waals surface area contributed by atoms with Crippen LogP contribution in [0.4, 0.5) is 10.5 Å². The zero-order valence-electron chi connectivity index (χ0n) is 11.1. The van der Waals surface area contributed by atoms with Crippen molar-refractivity contribution >= 4 is 34.7 Å². The van der Waals surface area contributed by atoms with Crippen molar-refractivity contribution in [3.05, 3.63) is 22.4 Å². The lowest BCUT2D eigenvalue weighted by Crippen LogP contribution is -2.33. The van der Waals surface area contributed by atoms with Crippen LogP contribution in [0.2, 0.25) is 5.15 Å². The summed E-state index contributed by atoms with van der Waals surface area (Å²) in [6.07, 6.45) is 2.06. The average Bonchev–Trinajstić information content (AvgIpc) is 3.03. The third kappa shape index (κ3) is 2.64. The summed E-state index contributed by atoms with van der Waals surface area (Å²) in [5, 5.41) is 24.5. The predicted octanol–water partition coefficient (Wildman–Crippen LogP) is 2.55. The van der Waals surface area contributed by atoms with Crippen molar-refractivity contribution in [3.63, 3.8) is 0 Å². The SMILES string of the molecule is CNc1cc(Cl)ncc1-c1nnc(C2(NC(=O)O)CC2)s1. The maximum Gasteiger partial charge on any atom is 0.405 e. The maximum atomic E-state index is 10.9. The quantitative estimate of drug-likeness (QED) is 0.747. The lowest BCUT2D eigenvalue weighted by molar-refractivity contribution is 0.188. The van der Waals surface area contributed by atoms with Crippen LogP contribution in [0.1, 0.15) is 17.8 Å². The van der Waals surface area contributed by atoms with Gasteiger partial charge >= 0.3 is 6.09 Å². The Bertz CT molecular complexity index is 701. The van der Waals surface area contributed by atoms with Gasteiger partial charge in [-0.05, 0) is 18.9 Å². The summed E-state index contributed by atoms with van der Waals surface area (Å²) in [4.78, 5) is 14.9. The molecule has 0 unspecified atom stereocenters. The molecule has 1 aliphatic carbocycles. The first-order chi connectivity index (χ1) is 10.0. The molecule has 9 heteroatoms. The Morgan fingerprint density at radius 3 is 2.86 bits per heavy atom. The third-order valence-corrected chi connectivity index (χ3v) is 4.67. The van der Waals surface area contributed by atoms with Gasteiger partial charge in [0, 0.05) is 18.9 Å². The number of carboxylic acid groups (broad SMARTS) is 1. The summed E-state index contributed by atoms with van der Waals surface area (Å²) in [7, 11) is 1.78. The minimum Gasteiger partial charge on any atom is -0.465 e. The van der Waals surface area contributed by atoms with Crippen molar-refractivity contribution in [3.8, 4) is 10.6 Å². The predicted molar refractivity (Wildman–Crippen MR) is 79.8 cm³/mol. The standard InChI is InChI=1S/C12H12ClN5O2S/c1-14-7-4-8(13)15-5-6(7)9-17-18-10(21-9)12(2-3-12)16-11(19)20/h4-5,16H,2-3H2,1H3,(H,14,15)(H,19,20). The van der Waals surface area contributed by atoms with Crippen LogP contribution in [0.15, 0.2) is 12.3 Å². The van der Waals surface area contributed by atoms with Crippen molar-refractivity contribution in [1.29, 1.82) is 0 Å². The van der Waals surface area contributed by atoms with E-state index < -0.39 is 11.6 Å². The number of nitrogens with zero attached hydrogens (tertiary/aromatic N) is 3. The van der Waals surface area contributed by atoms with E-state index >= 15 is 0 Å². The number of amides is 1. The fourth-order valence-corrected chi connectivity index (χ4v) is 3.28. The Labute approximate surface area is 129 Å². The zero-order valence-corrected chi connectivity index (χ0v) is 12.6. The van der Waals surface area contributed by atoms with Gasteiger partial charge in [-0.1, -0.05) is 22.9 Å². The van der Waals surface area contributed by atoms with E-state index in [1.165, 1.54) is 11.3 Å². The van der Waals surface area contributed by atoms with Gasteiger partial charge in [0.1, 0.15) is 10.2 Å². The van der Waals surface area contributed by atoms with Crippen molar-refractivity contribution in [1.82, 2.24) is 20.5 Å². The highest BCUT2D eigenvalue weighted by molar-refractivity contribution is 7.14. The highest BCUT2D eigenvalue weighted by Crippen LogP contribution is 2.47. The average molecular weight is 326 g/mol. The minimum absolute atomic E-state index is 0.388. The highest BCUT2D eigenvalue weighted by Gasteiger charge is 2.49. The summed E-state index contributed by atoms with van der Waals surface area (Å²) in [5.74, 6) is 0. The molecule has 3 N–H and O–H groups in total. The molecular formula is C12H12ClN5O2S. The van der Waals surface area contributed by atoms with E-state index in [2.05, 4.69) is 25.8 Å². The number of aromatic nitrogens is 3. The lowest BCUT2D eigenvalue weighted by atomic mass is 10.2. The summed E-state index contributed by atoms with van der Waals surface area (Å²) in [5.41, 5.74) is 1.02. The van der Waals surface area contributed by atoms with Crippen LogP contribution in [0.3, 0.4) is 0 Å². The van der Waals surface area contributed by atoms with Gasteiger partial charge in [-0.25, -0.2) is 9.78 Å². The first-order valence-corrected chi connectivity index (χ1v) is 7.42. The minimum atomic E-state index is -1.05. The van der Waals surface area contributed by atoms with Gasteiger partial charge < -0.3 is 15.7 Å². The normalized spacial score (nSPS) is 15.5. The maximum absolute atomic E-state index is 10.9. The zero-order chi connectivity index (χ0) is 15.0. The molecule has 0 aliphatic heterocycles. The van der Waals surface area contributed by atoms with Crippen LogP contribution >= 0.6 is 22.9 Å². The first-order valence-electron chi connectivity index (χ1n) is 6.23. The molecule has 1 fully saturated rings. The smallest absolute Gasteiger partial charge is 0.405 e. The second-order valence-electron chi connectivity index (χ2n) is 4.73. The van der Waals surface area contributed by atoms with E-state index in [9.17, 15) is 4.79 Å². The second kappa shape index (κ2) is 5.12. The van der Waals surface area contributed by atoms with E-state index in [-0.39, 0.29) is 0 Å². The van der Waals surface area contributed by atoms with E-state index in [4.69, 9.17) is 16.7 Å². The van der Waals surface area contributed by atoms with Gasteiger partial charge in [0.25, 0.3) is 0 Å². The van der Waals surface area contributed by atoms with Crippen molar-refractivity contribution < 1.29 is 9.90 Å². The number of nitrogens with one attached hydrogen (secondary N) is 2. The molecule has 3 rings (SSSR count). The number of halogens is 1. The van der Waals surface area contributed by atoms with Gasteiger partial charge in [-0.15, -0.1) is 10.2 Å². The van der Waals surface area contributed by atoms with Crippen molar-refractivity contribution in [2.75, 3.05) is 12.4 Å². The van der Waals surface area contributed by atoms with Crippen LogP contribution < -0.4 is 10.6 Å². The number of rotatable bonds is 4. The molecule has 7 nitrogen and oxygen atoms in total. The van der Waals surface area contributed by atoms with Gasteiger partial charge in [0.15, 0.2) is 5.01 Å². The van der Waals surface area contributed by atoms with E-state index in [0.717, 1.165) is 24.1 Å². The Morgan fingerprint density at radius 2 is 2.24 bits per heavy atom. The number of hydrogen-bond donors (Lipinski definition) is 3. The Kier molecular flexibility index (Phi) is 3.42. The molecule has 2 aromatic heterocycles. The largest absolute Gasteiger partial charge is 0.465 e.